The van der Waals surface area contributed by atoms with E-state index < -0.39 is 13.2 Å². The molecule has 0 saturated carbocycles. The Labute approximate surface area is 97.3 Å². The molecular formula is C11H21O4P. The van der Waals surface area contributed by atoms with Crippen LogP contribution in [0.2, 0.25) is 0 Å². The maximum absolute atomic E-state index is 10.8. The Balaban J connectivity index is 5.30. The SMILES string of the molecule is CC(C)(C)C=C=C(OP(=O)(O)O)C(C)(C)C. The van der Waals surface area contributed by atoms with E-state index in [2.05, 4.69) is 10.3 Å². The predicted octanol–water partition coefficient (Wildman–Crippen LogP) is 3.23. The summed E-state index contributed by atoms with van der Waals surface area (Å²) in [6.45, 7) is 11.3. The molecule has 0 bridgehead atoms. The molecule has 16 heavy (non-hydrogen) atoms. The zero-order valence-electron chi connectivity index (χ0n) is 10.7. The number of phosphoric acid groups is 1. The molecule has 2 N–H and O–H groups in total. The van der Waals surface area contributed by atoms with Gasteiger partial charge in [-0.05, 0) is 11.5 Å². The Kier molecular flexibility index (Phi) is 4.61. The highest BCUT2D eigenvalue weighted by Gasteiger charge is 2.26. The summed E-state index contributed by atoms with van der Waals surface area (Å²) >= 11 is 0. The van der Waals surface area contributed by atoms with E-state index in [0.717, 1.165) is 0 Å². The van der Waals surface area contributed by atoms with E-state index in [1.807, 2.05) is 41.5 Å². The van der Waals surface area contributed by atoms with E-state index in [4.69, 9.17) is 9.79 Å². The lowest BCUT2D eigenvalue weighted by atomic mass is 9.92. The standard InChI is InChI=1S/C11H21O4P/c1-10(2,3)8-7-9(11(4,5)6)15-16(12,13)14/h8H,1-6H3,(H2,12,13,14). The number of allylic oxidation sites excluding steroid dienone is 1. The second kappa shape index (κ2) is 4.77. The summed E-state index contributed by atoms with van der Waals surface area (Å²) in [6.07, 6.45) is 1.74. The van der Waals surface area contributed by atoms with Gasteiger partial charge in [0.15, 0.2) is 5.76 Å². The van der Waals surface area contributed by atoms with Gasteiger partial charge in [0, 0.05) is 5.41 Å². The van der Waals surface area contributed by atoms with Crippen molar-refractivity contribution in [2.24, 2.45) is 10.8 Å². The molecule has 0 aliphatic heterocycles. The second-order valence-corrected chi connectivity index (χ2v) is 6.98. The van der Waals surface area contributed by atoms with E-state index in [1.54, 1.807) is 6.08 Å². The van der Waals surface area contributed by atoms with Gasteiger partial charge in [-0.1, -0.05) is 47.3 Å². The third-order valence-electron chi connectivity index (χ3n) is 1.53. The molecule has 0 aromatic rings. The van der Waals surface area contributed by atoms with E-state index in [1.165, 1.54) is 0 Å². The van der Waals surface area contributed by atoms with Crippen LogP contribution in [-0.4, -0.2) is 9.79 Å². The Hall–Kier alpha value is -0.530. The number of hydrogen-bond donors (Lipinski definition) is 2. The summed E-state index contributed by atoms with van der Waals surface area (Å²) in [7, 11) is -4.52. The quantitative estimate of drug-likeness (QED) is 0.447. The van der Waals surface area contributed by atoms with E-state index >= 15 is 0 Å². The van der Waals surface area contributed by atoms with Crippen molar-refractivity contribution in [3.8, 4) is 0 Å². The van der Waals surface area contributed by atoms with Gasteiger partial charge in [-0.15, -0.1) is 0 Å². The van der Waals surface area contributed by atoms with Crippen molar-refractivity contribution in [2.75, 3.05) is 0 Å². The zero-order chi connectivity index (χ0) is 13.2. The van der Waals surface area contributed by atoms with Crippen molar-refractivity contribution in [3.63, 3.8) is 0 Å². The van der Waals surface area contributed by atoms with E-state index in [0.29, 0.717) is 0 Å². The lowest BCUT2D eigenvalue weighted by Crippen LogP contribution is -2.11. The summed E-state index contributed by atoms with van der Waals surface area (Å²) < 4.78 is 15.4. The molecule has 94 valence electrons. The molecule has 0 amide bonds. The average molecular weight is 248 g/mol. The summed E-state index contributed by atoms with van der Waals surface area (Å²) in [5, 5.41) is 0. The highest BCUT2D eigenvalue weighted by molar-refractivity contribution is 7.46. The second-order valence-electron chi connectivity index (χ2n) is 5.82. The molecule has 0 aromatic heterocycles. The lowest BCUT2D eigenvalue weighted by molar-refractivity contribution is 0.202. The molecule has 0 heterocycles. The molecule has 0 aromatic carbocycles. The van der Waals surface area contributed by atoms with Gasteiger partial charge in [-0.25, -0.2) is 4.57 Å². The maximum Gasteiger partial charge on any atom is 0.525 e. The molecule has 5 heteroatoms. The lowest BCUT2D eigenvalue weighted by Gasteiger charge is -2.21. The number of rotatable bonds is 2. The van der Waals surface area contributed by atoms with Crippen LogP contribution in [0, 0.1) is 10.8 Å². The fourth-order valence-corrected chi connectivity index (χ4v) is 1.35. The minimum absolute atomic E-state index is 0.116. The molecule has 0 aliphatic carbocycles. The van der Waals surface area contributed by atoms with Crippen LogP contribution in [0.25, 0.3) is 0 Å². The molecular weight excluding hydrogens is 227 g/mol. The highest BCUT2D eigenvalue weighted by atomic mass is 31.2. The van der Waals surface area contributed by atoms with Gasteiger partial charge in [0.25, 0.3) is 0 Å². The van der Waals surface area contributed by atoms with Crippen molar-refractivity contribution < 1.29 is 18.9 Å². The van der Waals surface area contributed by atoms with Crippen LogP contribution < -0.4 is 0 Å². The van der Waals surface area contributed by atoms with Gasteiger partial charge in [0.2, 0.25) is 0 Å². The maximum atomic E-state index is 10.8. The topological polar surface area (TPSA) is 66.8 Å². The van der Waals surface area contributed by atoms with Gasteiger partial charge in [0.1, 0.15) is 0 Å². The van der Waals surface area contributed by atoms with E-state index in [-0.39, 0.29) is 11.2 Å². The first-order valence-electron chi connectivity index (χ1n) is 5.05. The first kappa shape index (κ1) is 15.5. The van der Waals surface area contributed by atoms with Gasteiger partial charge in [-0.2, -0.15) is 0 Å². The highest BCUT2D eigenvalue weighted by Crippen LogP contribution is 2.43. The van der Waals surface area contributed by atoms with Crippen LogP contribution in [0.3, 0.4) is 0 Å². The summed E-state index contributed by atoms with van der Waals surface area (Å²) in [6, 6.07) is 0. The molecule has 0 unspecified atom stereocenters. The first-order valence-corrected chi connectivity index (χ1v) is 6.58. The summed E-state index contributed by atoms with van der Waals surface area (Å²) in [5.41, 5.74) is 2.22. The first-order chi connectivity index (χ1) is 6.81. The van der Waals surface area contributed by atoms with Crippen molar-refractivity contribution in [2.45, 2.75) is 41.5 Å². The summed E-state index contributed by atoms with van der Waals surface area (Å²) in [5.74, 6) is 0.163. The molecule has 0 saturated heterocycles. The molecule has 0 aliphatic rings. The van der Waals surface area contributed by atoms with Crippen LogP contribution in [0.1, 0.15) is 41.5 Å². The van der Waals surface area contributed by atoms with Crippen LogP contribution in [-0.2, 0) is 9.09 Å². The molecule has 0 atom stereocenters. The fraction of sp³-hybridized carbons (Fsp3) is 0.727. The number of hydrogen-bond acceptors (Lipinski definition) is 2. The third-order valence-corrected chi connectivity index (χ3v) is 1.95. The molecule has 0 fully saturated rings. The van der Waals surface area contributed by atoms with Crippen molar-refractivity contribution in [1.82, 2.24) is 0 Å². The van der Waals surface area contributed by atoms with Crippen molar-refractivity contribution in [1.29, 1.82) is 0 Å². The number of phosphoric ester groups is 1. The largest absolute Gasteiger partial charge is 0.525 e. The van der Waals surface area contributed by atoms with E-state index in [9.17, 15) is 4.57 Å². The van der Waals surface area contributed by atoms with Gasteiger partial charge >= 0.3 is 7.82 Å². The third kappa shape index (κ3) is 7.72. The average Bonchev–Trinajstić information content (AvgIpc) is 1.91. The molecule has 0 spiro atoms. The minimum Gasteiger partial charge on any atom is -0.400 e. The zero-order valence-corrected chi connectivity index (χ0v) is 11.6. The van der Waals surface area contributed by atoms with Gasteiger partial charge in [0.05, 0.1) is 0 Å². The van der Waals surface area contributed by atoms with Crippen LogP contribution in [0.15, 0.2) is 17.6 Å². The Morgan fingerprint density at radius 1 is 1.19 bits per heavy atom. The van der Waals surface area contributed by atoms with Crippen LogP contribution in [0.4, 0.5) is 0 Å². The predicted molar refractivity (Wildman–Crippen MR) is 63.6 cm³/mol. The Bertz CT molecular complexity index is 345. The van der Waals surface area contributed by atoms with Gasteiger partial charge in [-0.3, -0.25) is 9.79 Å². The van der Waals surface area contributed by atoms with Crippen molar-refractivity contribution >= 4 is 7.82 Å². The minimum atomic E-state index is -4.52. The monoisotopic (exact) mass is 248 g/mol. The molecule has 0 radical (unpaired) electrons. The smallest absolute Gasteiger partial charge is 0.400 e. The fourth-order valence-electron chi connectivity index (χ4n) is 0.781. The van der Waals surface area contributed by atoms with Crippen LogP contribution >= 0.6 is 7.82 Å². The molecule has 4 nitrogen and oxygen atoms in total. The Morgan fingerprint density at radius 3 is 1.88 bits per heavy atom. The van der Waals surface area contributed by atoms with Gasteiger partial charge < -0.3 is 4.52 Å². The summed E-state index contributed by atoms with van der Waals surface area (Å²) in [4.78, 5) is 17.6. The Morgan fingerprint density at radius 2 is 1.62 bits per heavy atom. The van der Waals surface area contributed by atoms with Crippen molar-refractivity contribution in [3.05, 3.63) is 17.6 Å². The van der Waals surface area contributed by atoms with Crippen LogP contribution in [0.5, 0.6) is 0 Å². The molecule has 0 rings (SSSR count). The normalized spacial score (nSPS) is 13.0.